The quantitative estimate of drug-likeness (QED) is 0.343. The Morgan fingerprint density at radius 1 is 1.19 bits per heavy atom. The lowest BCUT2D eigenvalue weighted by molar-refractivity contribution is 0.320. The zero-order valence-corrected chi connectivity index (χ0v) is 17.0. The molecular weight excluding hydrogens is 429 g/mol. The summed E-state index contributed by atoms with van der Waals surface area (Å²) in [5.41, 5.74) is 7.85. The molecule has 10 heteroatoms. The number of fused-ring (bicyclic) bond motifs is 1. The molecule has 0 saturated heterocycles. The fourth-order valence-electron chi connectivity index (χ4n) is 2.54. The van der Waals surface area contributed by atoms with Gasteiger partial charge in [0.05, 0.1) is 16.9 Å². The number of nitriles is 1. The minimum absolute atomic E-state index is 0.0906. The predicted octanol–water partition coefficient (Wildman–Crippen LogP) is 5.07. The van der Waals surface area contributed by atoms with Crippen LogP contribution in [0.15, 0.2) is 35.2 Å². The van der Waals surface area contributed by atoms with Crippen molar-refractivity contribution in [1.29, 1.82) is 5.26 Å². The summed E-state index contributed by atoms with van der Waals surface area (Å²) < 4.78 is 3.78. The van der Waals surface area contributed by atoms with Crippen molar-refractivity contribution in [1.82, 2.24) is 15.0 Å². The van der Waals surface area contributed by atoms with Crippen LogP contribution in [-0.4, -0.2) is 21.6 Å². The lowest BCUT2D eigenvalue weighted by Crippen LogP contribution is -2.11. The number of thiocyanates is 1. The maximum absolute atomic E-state index is 9.29. The number of nitrogens with zero attached hydrogens (tertiary/aromatic N) is 4. The molecule has 0 saturated carbocycles. The first-order valence-electron chi connectivity index (χ1n) is 7.69. The van der Waals surface area contributed by atoms with Crippen LogP contribution in [0, 0.1) is 10.7 Å². The molecule has 27 heavy (non-hydrogen) atoms. The van der Waals surface area contributed by atoms with Gasteiger partial charge in [0.25, 0.3) is 0 Å². The number of hydrogen-bond acceptors (Lipinski definition) is 7. The van der Waals surface area contributed by atoms with Crippen molar-refractivity contribution < 1.29 is 4.74 Å². The number of thioether (sulfide) groups is 1. The van der Waals surface area contributed by atoms with E-state index < -0.39 is 3.79 Å². The number of anilines is 1. The highest BCUT2D eigenvalue weighted by molar-refractivity contribution is 8.04. The van der Waals surface area contributed by atoms with Gasteiger partial charge in [0.15, 0.2) is 11.5 Å². The van der Waals surface area contributed by atoms with Crippen LogP contribution in [0.25, 0.3) is 22.2 Å². The van der Waals surface area contributed by atoms with Crippen LogP contribution < -0.4 is 10.5 Å². The van der Waals surface area contributed by atoms with Gasteiger partial charge in [-0.15, -0.1) is 0 Å². The fraction of sp³-hybridized carbons (Fsp3) is 0.176. The number of nitrogens with two attached hydrogens (primary N) is 1. The SMILES string of the molecule is CCOc1nc2nc(C(Cl)(Cl)Cl)nc(N)c2c(-c2ccccc2)c1SC#N. The second kappa shape index (κ2) is 7.95. The van der Waals surface area contributed by atoms with Crippen LogP contribution in [0.1, 0.15) is 12.7 Å². The smallest absolute Gasteiger partial charge is 0.250 e. The fourth-order valence-corrected chi connectivity index (χ4v) is 3.39. The molecule has 0 spiro atoms. The highest BCUT2D eigenvalue weighted by Crippen LogP contribution is 2.44. The predicted molar refractivity (Wildman–Crippen MR) is 109 cm³/mol. The number of halogens is 3. The first-order valence-corrected chi connectivity index (χ1v) is 9.64. The second-order valence-corrected chi connectivity index (χ2v) is 8.32. The summed E-state index contributed by atoms with van der Waals surface area (Å²) in [6.07, 6.45) is 0. The Kier molecular flexibility index (Phi) is 5.82. The average Bonchev–Trinajstić information content (AvgIpc) is 2.62. The normalized spacial score (nSPS) is 11.4. The third kappa shape index (κ3) is 3.99. The number of rotatable bonds is 4. The van der Waals surface area contributed by atoms with Gasteiger partial charge in [-0.3, -0.25) is 0 Å². The van der Waals surface area contributed by atoms with Crippen LogP contribution in [0.2, 0.25) is 0 Å². The highest BCUT2D eigenvalue weighted by atomic mass is 35.6. The van der Waals surface area contributed by atoms with Gasteiger partial charge in [-0.25, -0.2) is 9.97 Å². The van der Waals surface area contributed by atoms with E-state index in [-0.39, 0.29) is 23.2 Å². The second-order valence-electron chi connectivity index (χ2n) is 5.24. The Balaban J connectivity index is 2.46. The van der Waals surface area contributed by atoms with Crippen LogP contribution >= 0.6 is 46.6 Å². The van der Waals surface area contributed by atoms with Gasteiger partial charge in [0.2, 0.25) is 9.67 Å². The Morgan fingerprint density at radius 2 is 1.89 bits per heavy atom. The Morgan fingerprint density at radius 3 is 2.48 bits per heavy atom. The molecule has 0 aliphatic carbocycles. The van der Waals surface area contributed by atoms with E-state index >= 15 is 0 Å². The van der Waals surface area contributed by atoms with Gasteiger partial charge in [-0.05, 0) is 24.2 Å². The molecule has 6 nitrogen and oxygen atoms in total. The summed E-state index contributed by atoms with van der Waals surface area (Å²) in [5.74, 6) is 0.256. The zero-order chi connectivity index (χ0) is 19.6. The summed E-state index contributed by atoms with van der Waals surface area (Å²) in [7, 11) is 0. The molecule has 0 unspecified atom stereocenters. The maximum Gasteiger partial charge on any atom is 0.250 e. The number of nitrogen functional groups attached to an aromatic ring is 1. The first kappa shape index (κ1) is 19.8. The van der Waals surface area contributed by atoms with Crippen LogP contribution in [-0.2, 0) is 3.79 Å². The molecule has 0 aliphatic rings. The molecule has 0 atom stereocenters. The third-order valence-electron chi connectivity index (χ3n) is 3.54. The van der Waals surface area contributed by atoms with E-state index in [0.29, 0.717) is 22.5 Å². The van der Waals surface area contributed by atoms with Crippen molar-refractivity contribution in [2.24, 2.45) is 0 Å². The number of aromatic nitrogens is 3. The van der Waals surface area contributed by atoms with E-state index in [2.05, 4.69) is 20.4 Å². The van der Waals surface area contributed by atoms with Crippen molar-refractivity contribution >= 4 is 63.4 Å². The Bertz CT molecular complexity index is 1030. The minimum atomic E-state index is -1.86. The minimum Gasteiger partial charge on any atom is -0.477 e. The van der Waals surface area contributed by atoms with Gasteiger partial charge >= 0.3 is 0 Å². The van der Waals surface area contributed by atoms with E-state index in [1.807, 2.05) is 37.3 Å². The molecule has 1 aromatic carbocycles. The molecule has 3 rings (SSSR count). The summed E-state index contributed by atoms with van der Waals surface area (Å²) in [5, 5.41) is 11.8. The monoisotopic (exact) mass is 439 g/mol. The lowest BCUT2D eigenvalue weighted by Gasteiger charge is -2.17. The van der Waals surface area contributed by atoms with Crippen molar-refractivity contribution in [2.75, 3.05) is 12.3 Å². The summed E-state index contributed by atoms with van der Waals surface area (Å²) in [6, 6.07) is 9.39. The molecular formula is C17H12Cl3N5OS. The highest BCUT2D eigenvalue weighted by Gasteiger charge is 2.30. The number of benzene rings is 1. The van der Waals surface area contributed by atoms with Gasteiger partial charge in [0, 0.05) is 5.56 Å². The van der Waals surface area contributed by atoms with Crippen molar-refractivity contribution in [2.45, 2.75) is 15.6 Å². The molecule has 2 N–H and O–H groups in total. The van der Waals surface area contributed by atoms with Crippen molar-refractivity contribution in [3.63, 3.8) is 0 Å². The number of alkyl halides is 3. The molecule has 3 aromatic rings. The van der Waals surface area contributed by atoms with Crippen LogP contribution in [0.4, 0.5) is 5.82 Å². The summed E-state index contributed by atoms with van der Waals surface area (Å²) in [4.78, 5) is 13.3. The molecule has 0 amide bonds. The molecule has 2 aromatic heterocycles. The maximum atomic E-state index is 9.29. The van der Waals surface area contributed by atoms with E-state index in [9.17, 15) is 5.26 Å². The van der Waals surface area contributed by atoms with Crippen molar-refractivity contribution in [3.05, 3.63) is 36.2 Å². The molecule has 0 aliphatic heterocycles. The van der Waals surface area contributed by atoms with Gasteiger partial charge in [-0.2, -0.15) is 10.2 Å². The molecule has 0 fully saturated rings. The van der Waals surface area contributed by atoms with Crippen molar-refractivity contribution in [3.8, 4) is 22.4 Å². The zero-order valence-electron chi connectivity index (χ0n) is 13.9. The lowest BCUT2D eigenvalue weighted by atomic mass is 10.0. The molecule has 0 radical (unpaired) electrons. The number of pyridine rings is 1. The topological polar surface area (TPSA) is 97.7 Å². The standard InChI is InChI=1S/C17H12Cl3N5OS/c1-2-26-15-12(27-8-21)10(9-6-4-3-5-7-9)11-13(22)23-16(17(18,19)20)25-14(11)24-15/h3-7H,2H2,1H3,(H2,22,23,24,25). The van der Waals surface area contributed by atoms with E-state index in [1.54, 1.807) is 0 Å². The van der Waals surface area contributed by atoms with Gasteiger partial charge in [0.1, 0.15) is 11.2 Å². The Hall–Kier alpha value is -1.98. The van der Waals surface area contributed by atoms with Crippen LogP contribution in [0.5, 0.6) is 5.88 Å². The summed E-state index contributed by atoms with van der Waals surface area (Å²) >= 11 is 18.7. The van der Waals surface area contributed by atoms with E-state index in [0.717, 1.165) is 17.3 Å². The number of hydrogen-bond donors (Lipinski definition) is 1. The molecule has 0 bridgehead atoms. The Labute approximate surface area is 174 Å². The summed E-state index contributed by atoms with van der Waals surface area (Å²) in [6.45, 7) is 2.17. The number of ether oxygens (including phenoxy) is 1. The van der Waals surface area contributed by atoms with Crippen LogP contribution in [0.3, 0.4) is 0 Å². The van der Waals surface area contributed by atoms with Gasteiger partial charge < -0.3 is 10.5 Å². The molecule has 2 heterocycles. The van der Waals surface area contributed by atoms with E-state index in [1.165, 1.54) is 0 Å². The largest absolute Gasteiger partial charge is 0.477 e. The molecule has 138 valence electrons. The first-order chi connectivity index (χ1) is 12.9. The van der Waals surface area contributed by atoms with Gasteiger partial charge in [-0.1, -0.05) is 65.1 Å². The van der Waals surface area contributed by atoms with E-state index in [4.69, 9.17) is 45.3 Å². The third-order valence-corrected chi connectivity index (χ3v) is 4.72. The average molecular weight is 441 g/mol.